The second-order valence-electron chi connectivity index (χ2n) is 3.85. The first-order chi connectivity index (χ1) is 9.20. The molecule has 1 aromatic carbocycles. The Morgan fingerprint density at radius 1 is 1.30 bits per heavy atom. The van der Waals surface area contributed by atoms with Crippen LogP contribution in [0.15, 0.2) is 24.3 Å². The number of benzene rings is 1. The van der Waals surface area contributed by atoms with Gasteiger partial charge in [-0.2, -0.15) is 13.2 Å². The van der Waals surface area contributed by atoms with Crippen molar-refractivity contribution >= 4 is 28.9 Å². The van der Waals surface area contributed by atoms with Crippen molar-refractivity contribution < 1.29 is 27.9 Å². The molecule has 0 aliphatic carbocycles. The molecule has 1 aromatic rings. The summed E-state index contributed by atoms with van der Waals surface area (Å²) in [5.41, 5.74) is -1.32. The van der Waals surface area contributed by atoms with Gasteiger partial charge in [0, 0.05) is 12.7 Å². The van der Waals surface area contributed by atoms with Crippen LogP contribution in [0, 0.1) is 0 Å². The zero-order chi connectivity index (χ0) is 15.3. The van der Waals surface area contributed by atoms with E-state index >= 15 is 0 Å². The second-order valence-corrected chi connectivity index (χ2v) is 5.05. The number of aromatic carboxylic acids is 1. The molecular formula is C13H11F3O3S. The lowest BCUT2D eigenvalue weighted by atomic mass is 10.0. The number of rotatable bonds is 4. The zero-order valence-corrected chi connectivity index (χ0v) is 11.2. The molecule has 0 spiro atoms. The summed E-state index contributed by atoms with van der Waals surface area (Å²) in [6.07, 6.45) is -1.74. The normalized spacial score (nSPS) is 11.8. The number of carbonyl (C=O) groups is 2. The van der Waals surface area contributed by atoms with Gasteiger partial charge in [-0.15, -0.1) is 0 Å². The summed E-state index contributed by atoms with van der Waals surface area (Å²) in [6.45, 7) is 1.38. The molecule has 1 N–H and O–H groups in total. The molecule has 0 saturated heterocycles. The zero-order valence-electron chi connectivity index (χ0n) is 10.4. The van der Waals surface area contributed by atoms with E-state index in [9.17, 15) is 22.8 Å². The van der Waals surface area contributed by atoms with E-state index in [0.717, 1.165) is 23.9 Å². The second kappa shape index (κ2) is 6.60. The molecular weight excluding hydrogens is 293 g/mol. The molecule has 0 amide bonds. The Hall–Kier alpha value is -1.76. The van der Waals surface area contributed by atoms with Crippen molar-refractivity contribution in [1.29, 1.82) is 0 Å². The minimum atomic E-state index is -4.61. The number of carboxylic acid groups (broad SMARTS) is 1. The Morgan fingerprint density at radius 3 is 2.45 bits per heavy atom. The number of hydrogen-bond donors (Lipinski definition) is 1. The fraction of sp³-hybridized carbons (Fsp3) is 0.231. The average molecular weight is 304 g/mol. The largest absolute Gasteiger partial charge is 0.478 e. The van der Waals surface area contributed by atoms with Gasteiger partial charge < -0.3 is 5.11 Å². The summed E-state index contributed by atoms with van der Waals surface area (Å²) in [6, 6.07) is 2.60. The summed E-state index contributed by atoms with van der Waals surface area (Å²) >= 11 is 1.01. The molecule has 0 aliphatic heterocycles. The summed E-state index contributed by atoms with van der Waals surface area (Å²) < 4.78 is 37.9. The van der Waals surface area contributed by atoms with Crippen molar-refractivity contribution in [2.24, 2.45) is 0 Å². The molecule has 20 heavy (non-hydrogen) atoms. The highest BCUT2D eigenvalue weighted by Gasteiger charge is 2.31. The third-order valence-electron chi connectivity index (χ3n) is 2.22. The van der Waals surface area contributed by atoms with Gasteiger partial charge in [0.15, 0.2) is 5.12 Å². The summed E-state index contributed by atoms with van der Waals surface area (Å²) in [7, 11) is 0. The molecule has 0 fully saturated rings. The van der Waals surface area contributed by atoms with E-state index in [0.29, 0.717) is 11.8 Å². The van der Waals surface area contributed by atoms with Crippen LogP contribution in [0.3, 0.4) is 0 Å². The van der Waals surface area contributed by atoms with Gasteiger partial charge in [0.2, 0.25) is 0 Å². The van der Waals surface area contributed by atoms with E-state index in [-0.39, 0.29) is 10.7 Å². The Morgan fingerprint density at radius 2 is 1.95 bits per heavy atom. The van der Waals surface area contributed by atoms with E-state index in [4.69, 9.17) is 5.11 Å². The fourth-order valence-corrected chi connectivity index (χ4v) is 1.81. The first-order valence-corrected chi connectivity index (χ1v) is 6.44. The lowest BCUT2D eigenvalue weighted by Crippen LogP contribution is -2.08. The number of alkyl halides is 3. The Balaban J connectivity index is 3.04. The van der Waals surface area contributed by atoms with Crippen LogP contribution in [0.2, 0.25) is 0 Å². The Kier molecular flexibility index (Phi) is 5.38. The minimum absolute atomic E-state index is 0.107. The van der Waals surface area contributed by atoms with Crippen molar-refractivity contribution in [3.8, 4) is 0 Å². The SMILES string of the molecule is CC(=O)SCC=Cc1cc(C(=O)O)cc(C(F)(F)F)c1. The lowest BCUT2D eigenvalue weighted by molar-refractivity contribution is -0.137. The van der Waals surface area contributed by atoms with Crippen LogP contribution in [0.5, 0.6) is 0 Å². The van der Waals surface area contributed by atoms with Crippen LogP contribution in [0.1, 0.15) is 28.4 Å². The van der Waals surface area contributed by atoms with Crippen molar-refractivity contribution in [1.82, 2.24) is 0 Å². The summed E-state index contributed by atoms with van der Waals surface area (Å²) in [5, 5.41) is 8.70. The quantitative estimate of drug-likeness (QED) is 0.921. The molecule has 0 aliphatic rings. The fourth-order valence-electron chi connectivity index (χ4n) is 1.38. The summed E-state index contributed by atoms with van der Waals surface area (Å²) in [5.74, 6) is -1.11. The minimum Gasteiger partial charge on any atom is -0.478 e. The van der Waals surface area contributed by atoms with Crippen LogP contribution in [-0.4, -0.2) is 21.9 Å². The van der Waals surface area contributed by atoms with Crippen molar-refractivity contribution in [2.75, 3.05) is 5.75 Å². The molecule has 0 aromatic heterocycles. The number of halogens is 3. The van der Waals surface area contributed by atoms with Crippen LogP contribution in [0.4, 0.5) is 13.2 Å². The standard InChI is InChI=1S/C13H11F3O3S/c1-8(17)20-4-2-3-9-5-10(12(18)19)7-11(6-9)13(14,15)16/h2-3,5-7H,4H2,1H3,(H,18,19). The highest BCUT2D eigenvalue weighted by Crippen LogP contribution is 2.31. The Labute approximate surface area is 117 Å². The van der Waals surface area contributed by atoms with Crippen LogP contribution >= 0.6 is 11.8 Å². The van der Waals surface area contributed by atoms with Gasteiger partial charge in [-0.3, -0.25) is 4.79 Å². The van der Waals surface area contributed by atoms with Crippen molar-refractivity contribution in [2.45, 2.75) is 13.1 Å². The third-order valence-corrected chi connectivity index (χ3v) is 2.99. The van der Waals surface area contributed by atoms with Crippen molar-refractivity contribution in [3.05, 3.63) is 41.0 Å². The topological polar surface area (TPSA) is 54.4 Å². The average Bonchev–Trinajstić information content (AvgIpc) is 2.33. The first kappa shape index (κ1) is 16.3. The highest BCUT2D eigenvalue weighted by molar-refractivity contribution is 8.13. The molecule has 0 radical (unpaired) electrons. The Bertz CT molecular complexity index is 550. The van der Waals surface area contributed by atoms with E-state index in [2.05, 4.69) is 0 Å². The van der Waals surface area contributed by atoms with E-state index < -0.39 is 23.3 Å². The number of carbonyl (C=O) groups excluding carboxylic acids is 1. The maximum Gasteiger partial charge on any atom is 0.416 e. The molecule has 0 bridgehead atoms. The predicted molar refractivity (Wildman–Crippen MR) is 70.6 cm³/mol. The highest BCUT2D eigenvalue weighted by atomic mass is 32.2. The molecule has 3 nitrogen and oxygen atoms in total. The summed E-state index contributed by atoms with van der Waals surface area (Å²) in [4.78, 5) is 21.5. The smallest absolute Gasteiger partial charge is 0.416 e. The van der Waals surface area contributed by atoms with Gasteiger partial charge in [-0.1, -0.05) is 23.9 Å². The van der Waals surface area contributed by atoms with E-state index in [1.807, 2.05) is 0 Å². The molecule has 0 unspecified atom stereocenters. The van der Waals surface area contributed by atoms with Gasteiger partial charge in [0.1, 0.15) is 0 Å². The maximum absolute atomic E-state index is 12.6. The monoisotopic (exact) mass is 304 g/mol. The molecule has 108 valence electrons. The number of carboxylic acids is 1. The number of thioether (sulfide) groups is 1. The molecule has 0 heterocycles. The third kappa shape index (κ3) is 5.08. The van der Waals surface area contributed by atoms with Gasteiger partial charge in [-0.05, 0) is 23.8 Å². The van der Waals surface area contributed by atoms with Gasteiger partial charge in [0.25, 0.3) is 0 Å². The number of hydrogen-bond acceptors (Lipinski definition) is 3. The van der Waals surface area contributed by atoms with Crippen molar-refractivity contribution in [3.63, 3.8) is 0 Å². The van der Waals surface area contributed by atoms with Crippen LogP contribution in [0.25, 0.3) is 6.08 Å². The van der Waals surface area contributed by atoms with E-state index in [1.54, 1.807) is 0 Å². The lowest BCUT2D eigenvalue weighted by Gasteiger charge is -2.09. The first-order valence-electron chi connectivity index (χ1n) is 5.45. The van der Waals surface area contributed by atoms with E-state index in [1.165, 1.54) is 19.1 Å². The van der Waals surface area contributed by atoms with Gasteiger partial charge in [0.05, 0.1) is 11.1 Å². The van der Waals surface area contributed by atoms with Crippen LogP contribution in [-0.2, 0) is 11.0 Å². The molecule has 1 rings (SSSR count). The van der Waals surface area contributed by atoms with Gasteiger partial charge in [-0.25, -0.2) is 4.79 Å². The predicted octanol–water partition coefficient (Wildman–Crippen LogP) is 3.70. The maximum atomic E-state index is 12.6. The molecule has 0 saturated carbocycles. The van der Waals surface area contributed by atoms with Gasteiger partial charge >= 0.3 is 12.1 Å². The van der Waals surface area contributed by atoms with Crippen LogP contribution < -0.4 is 0 Å². The molecule has 7 heteroatoms. The molecule has 0 atom stereocenters.